The third-order valence-corrected chi connectivity index (χ3v) is 5.68. The lowest BCUT2D eigenvalue weighted by molar-refractivity contribution is 0.0915. The van der Waals surface area contributed by atoms with E-state index in [0.29, 0.717) is 16.0 Å². The molecule has 4 rings (SSSR count). The first-order valence-corrected chi connectivity index (χ1v) is 10.3. The predicted octanol–water partition coefficient (Wildman–Crippen LogP) is 4.18. The van der Waals surface area contributed by atoms with Crippen LogP contribution in [-0.4, -0.2) is 27.4 Å². The predicted molar refractivity (Wildman–Crippen MR) is 117 cm³/mol. The van der Waals surface area contributed by atoms with E-state index in [1.54, 1.807) is 0 Å². The van der Waals surface area contributed by atoms with Gasteiger partial charge >= 0.3 is 0 Å². The number of rotatable bonds is 6. The SMILES string of the molecule is Cc1ccc(OCC(O)Cn2cnc3scc(-c4ccc(C)cc4)c3c2=O)cc1. The lowest BCUT2D eigenvalue weighted by atomic mass is 10.1. The molecule has 0 radical (unpaired) electrons. The molecular formula is C23H22N2O3S. The second-order valence-corrected chi connectivity index (χ2v) is 8.03. The van der Waals surface area contributed by atoms with Gasteiger partial charge in [-0.2, -0.15) is 0 Å². The van der Waals surface area contributed by atoms with E-state index in [1.807, 2.05) is 67.8 Å². The lowest BCUT2D eigenvalue weighted by Gasteiger charge is -2.14. The van der Waals surface area contributed by atoms with Crippen molar-refractivity contribution in [1.82, 2.24) is 9.55 Å². The van der Waals surface area contributed by atoms with Crippen LogP contribution in [0.2, 0.25) is 0 Å². The molecule has 0 saturated heterocycles. The maximum absolute atomic E-state index is 13.1. The van der Waals surface area contributed by atoms with Crippen LogP contribution < -0.4 is 10.3 Å². The zero-order valence-electron chi connectivity index (χ0n) is 16.3. The van der Waals surface area contributed by atoms with Gasteiger partial charge in [-0.1, -0.05) is 47.5 Å². The van der Waals surface area contributed by atoms with E-state index in [-0.39, 0.29) is 18.7 Å². The molecule has 2 aromatic carbocycles. The molecule has 2 heterocycles. The Labute approximate surface area is 172 Å². The Morgan fingerprint density at radius 3 is 2.41 bits per heavy atom. The van der Waals surface area contributed by atoms with Crippen molar-refractivity contribution >= 4 is 21.6 Å². The smallest absolute Gasteiger partial charge is 0.262 e. The first kappa shape index (κ1) is 19.4. The van der Waals surface area contributed by atoms with Crippen molar-refractivity contribution in [2.45, 2.75) is 26.5 Å². The Morgan fingerprint density at radius 1 is 1.07 bits per heavy atom. The number of benzene rings is 2. The van der Waals surface area contributed by atoms with Gasteiger partial charge in [0, 0.05) is 10.9 Å². The van der Waals surface area contributed by atoms with Crippen LogP contribution in [0.15, 0.2) is 65.0 Å². The van der Waals surface area contributed by atoms with Gasteiger partial charge in [0.15, 0.2) is 0 Å². The van der Waals surface area contributed by atoms with Crippen molar-refractivity contribution in [2.75, 3.05) is 6.61 Å². The topological polar surface area (TPSA) is 64.3 Å². The molecule has 0 fully saturated rings. The van der Waals surface area contributed by atoms with E-state index in [0.717, 1.165) is 16.7 Å². The Morgan fingerprint density at radius 2 is 1.72 bits per heavy atom. The Bertz CT molecular complexity index is 1180. The highest BCUT2D eigenvalue weighted by Gasteiger charge is 2.15. The number of ether oxygens (including phenoxy) is 1. The Hall–Kier alpha value is -2.96. The van der Waals surface area contributed by atoms with Gasteiger partial charge in [-0.25, -0.2) is 4.98 Å². The van der Waals surface area contributed by atoms with E-state index >= 15 is 0 Å². The Kier molecular flexibility index (Phi) is 5.47. The van der Waals surface area contributed by atoms with Gasteiger partial charge in [-0.15, -0.1) is 11.3 Å². The highest BCUT2D eigenvalue weighted by Crippen LogP contribution is 2.30. The number of aliphatic hydroxyl groups excluding tert-OH is 1. The van der Waals surface area contributed by atoms with Crippen LogP contribution in [0.1, 0.15) is 11.1 Å². The van der Waals surface area contributed by atoms with Crippen LogP contribution in [0.25, 0.3) is 21.3 Å². The number of aliphatic hydroxyl groups is 1. The van der Waals surface area contributed by atoms with E-state index in [1.165, 1.54) is 27.8 Å². The third-order valence-electron chi connectivity index (χ3n) is 4.79. The van der Waals surface area contributed by atoms with Gasteiger partial charge in [0.1, 0.15) is 23.3 Å². The quantitative estimate of drug-likeness (QED) is 0.522. The van der Waals surface area contributed by atoms with Crippen molar-refractivity contribution in [3.05, 3.63) is 81.7 Å². The average molecular weight is 407 g/mol. The molecule has 1 atom stereocenters. The minimum absolute atomic E-state index is 0.0992. The second kappa shape index (κ2) is 8.19. The maximum atomic E-state index is 13.1. The van der Waals surface area contributed by atoms with E-state index in [4.69, 9.17) is 4.74 Å². The van der Waals surface area contributed by atoms with Crippen LogP contribution in [-0.2, 0) is 6.54 Å². The van der Waals surface area contributed by atoms with Crippen LogP contribution in [0.3, 0.4) is 0 Å². The highest BCUT2D eigenvalue weighted by atomic mass is 32.1. The molecule has 0 aliphatic carbocycles. The van der Waals surface area contributed by atoms with Crippen LogP contribution in [0.4, 0.5) is 0 Å². The summed E-state index contributed by atoms with van der Waals surface area (Å²) < 4.78 is 7.08. The molecule has 0 aliphatic rings. The summed E-state index contributed by atoms with van der Waals surface area (Å²) in [6, 6.07) is 15.7. The fraction of sp³-hybridized carbons (Fsp3) is 0.217. The summed E-state index contributed by atoms with van der Waals surface area (Å²) in [6.07, 6.45) is 0.671. The summed E-state index contributed by atoms with van der Waals surface area (Å²) in [5.74, 6) is 0.690. The van der Waals surface area contributed by atoms with Crippen molar-refractivity contribution in [2.24, 2.45) is 0 Å². The second-order valence-electron chi connectivity index (χ2n) is 7.18. The van der Waals surface area contributed by atoms with Crippen molar-refractivity contribution in [3.63, 3.8) is 0 Å². The molecule has 1 N–H and O–H groups in total. The van der Waals surface area contributed by atoms with Gasteiger partial charge in [0.2, 0.25) is 0 Å². The molecular weight excluding hydrogens is 384 g/mol. The van der Waals surface area contributed by atoms with Gasteiger partial charge in [-0.05, 0) is 31.5 Å². The van der Waals surface area contributed by atoms with Crippen LogP contribution in [0.5, 0.6) is 5.75 Å². The largest absolute Gasteiger partial charge is 0.491 e. The normalized spacial score (nSPS) is 12.2. The number of nitrogens with zero attached hydrogens (tertiary/aromatic N) is 2. The highest BCUT2D eigenvalue weighted by molar-refractivity contribution is 7.17. The molecule has 5 nitrogen and oxygen atoms in total. The first-order valence-electron chi connectivity index (χ1n) is 9.42. The molecule has 0 bridgehead atoms. The molecule has 0 aliphatic heterocycles. The molecule has 0 saturated carbocycles. The number of fused-ring (bicyclic) bond motifs is 1. The standard InChI is InChI=1S/C23H22N2O3S/c1-15-3-7-17(8-4-15)20-13-29-22-21(20)23(27)25(14-24-22)11-18(26)12-28-19-9-5-16(2)6-10-19/h3-10,13-14,18,26H,11-12H2,1-2H3. The van der Waals surface area contributed by atoms with Crippen molar-refractivity contribution in [1.29, 1.82) is 0 Å². The monoisotopic (exact) mass is 406 g/mol. The van der Waals surface area contributed by atoms with Crippen molar-refractivity contribution < 1.29 is 9.84 Å². The summed E-state index contributed by atoms with van der Waals surface area (Å²) in [5, 5.41) is 12.9. The van der Waals surface area contributed by atoms with E-state index in [2.05, 4.69) is 4.98 Å². The summed E-state index contributed by atoms with van der Waals surface area (Å²) in [5.41, 5.74) is 4.02. The molecule has 29 heavy (non-hydrogen) atoms. The number of aryl methyl sites for hydroxylation is 2. The molecule has 6 heteroatoms. The van der Waals surface area contributed by atoms with Crippen LogP contribution >= 0.6 is 11.3 Å². The van der Waals surface area contributed by atoms with Gasteiger partial charge in [0.25, 0.3) is 5.56 Å². The molecule has 0 amide bonds. The zero-order valence-corrected chi connectivity index (χ0v) is 17.1. The summed E-state index contributed by atoms with van der Waals surface area (Å²) in [4.78, 5) is 18.2. The Balaban J connectivity index is 1.55. The number of hydrogen-bond acceptors (Lipinski definition) is 5. The molecule has 2 aromatic heterocycles. The summed E-state index contributed by atoms with van der Waals surface area (Å²) >= 11 is 1.45. The first-order chi connectivity index (χ1) is 14.0. The number of hydrogen-bond donors (Lipinski definition) is 1. The minimum atomic E-state index is -0.824. The number of thiophene rings is 1. The summed E-state index contributed by atoms with van der Waals surface area (Å²) in [6.45, 7) is 4.26. The molecule has 4 aromatic rings. The molecule has 0 spiro atoms. The number of aromatic nitrogens is 2. The lowest BCUT2D eigenvalue weighted by Crippen LogP contribution is -2.30. The fourth-order valence-electron chi connectivity index (χ4n) is 3.15. The fourth-order valence-corrected chi connectivity index (χ4v) is 4.06. The van der Waals surface area contributed by atoms with Crippen molar-refractivity contribution in [3.8, 4) is 16.9 Å². The third kappa shape index (κ3) is 4.23. The average Bonchev–Trinajstić information content (AvgIpc) is 3.15. The van der Waals surface area contributed by atoms with E-state index < -0.39 is 6.10 Å². The maximum Gasteiger partial charge on any atom is 0.262 e. The zero-order chi connectivity index (χ0) is 20.4. The van der Waals surface area contributed by atoms with Crippen LogP contribution in [0, 0.1) is 13.8 Å². The van der Waals surface area contributed by atoms with E-state index in [9.17, 15) is 9.90 Å². The van der Waals surface area contributed by atoms with Gasteiger partial charge in [0.05, 0.1) is 18.3 Å². The molecule has 1 unspecified atom stereocenters. The molecule has 148 valence electrons. The van der Waals surface area contributed by atoms with Gasteiger partial charge in [-0.3, -0.25) is 9.36 Å². The van der Waals surface area contributed by atoms with Gasteiger partial charge < -0.3 is 9.84 Å². The summed E-state index contributed by atoms with van der Waals surface area (Å²) in [7, 11) is 0. The minimum Gasteiger partial charge on any atom is -0.491 e.